The summed E-state index contributed by atoms with van der Waals surface area (Å²) in [6.07, 6.45) is 3.12. The van der Waals surface area contributed by atoms with Crippen molar-refractivity contribution in [1.82, 2.24) is 0 Å². The van der Waals surface area contributed by atoms with E-state index in [1.54, 1.807) is 0 Å². The fourth-order valence-electron chi connectivity index (χ4n) is 4.56. The number of fused-ring (bicyclic) bond motifs is 2. The van der Waals surface area contributed by atoms with Crippen molar-refractivity contribution >= 4 is 28.4 Å². The summed E-state index contributed by atoms with van der Waals surface area (Å²) in [5.74, 6) is 1.11. The summed E-state index contributed by atoms with van der Waals surface area (Å²) in [7, 11) is 0. The number of nitrogens with zero attached hydrogens (tertiary/aromatic N) is 1. The van der Waals surface area contributed by atoms with Gasteiger partial charge in [-0.3, -0.25) is 4.79 Å². The Bertz CT molecular complexity index is 1250. The molecule has 1 atom stereocenters. The fourth-order valence-corrected chi connectivity index (χ4v) is 4.56. The highest BCUT2D eigenvalue weighted by Crippen LogP contribution is 2.44. The maximum absolute atomic E-state index is 11.5. The molecule has 0 aliphatic carbocycles. The second kappa shape index (κ2) is 8.88. The standard InChI is InChI=1S/C29H27NO2/c1-2-3-16-32-26-13-11-25(12-14-26)30-19-28(27-17-21(20-31)8-15-29(27)30)24-10-9-22-6-4-5-7-23(22)18-24/h4-15,17-18,20,28H,2-3,16,19H2,1H3. The molecule has 160 valence electrons. The molecule has 0 spiro atoms. The zero-order chi connectivity index (χ0) is 21.9. The van der Waals surface area contributed by atoms with E-state index in [2.05, 4.69) is 72.5 Å². The van der Waals surface area contributed by atoms with Crippen LogP contribution in [0, 0.1) is 0 Å². The van der Waals surface area contributed by atoms with E-state index in [1.165, 1.54) is 21.9 Å². The summed E-state index contributed by atoms with van der Waals surface area (Å²) in [5, 5.41) is 2.48. The fraction of sp³-hybridized carbons (Fsp3) is 0.207. The first-order valence-corrected chi connectivity index (χ1v) is 11.3. The lowest BCUT2D eigenvalue weighted by atomic mass is 9.91. The third-order valence-electron chi connectivity index (χ3n) is 6.31. The first-order chi connectivity index (χ1) is 15.8. The normalized spacial score (nSPS) is 15.0. The van der Waals surface area contributed by atoms with Gasteiger partial charge < -0.3 is 9.64 Å². The Morgan fingerprint density at radius 3 is 2.53 bits per heavy atom. The van der Waals surface area contributed by atoms with Gasteiger partial charge in [-0.2, -0.15) is 0 Å². The molecule has 1 aliphatic rings. The van der Waals surface area contributed by atoms with Gasteiger partial charge in [-0.25, -0.2) is 0 Å². The van der Waals surface area contributed by atoms with Crippen molar-refractivity contribution < 1.29 is 9.53 Å². The van der Waals surface area contributed by atoms with Gasteiger partial charge in [-0.05, 0) is 70.8 Å². The third-order valence-corrected chi connectivity index (χ3v) is 6.31. The molecule has 3 nitrogen and oxygen atoms in total. The molecule has 4 aromatic rings. The van der Waals surface area contributed by atoms with Gasteiger partial charge in [-0.15, -0.1) is 0 Å². The second-order valence-electron chi connectivity index (χ2n) is 8.40. The van der Waals surface area contributed by atoms with Crippen molar-refractivity contribution in [3.05, 3.63) is 102 Å². The molecule has 0 bridgehead atoms. The molecule has 4 aromatic carbocycles. The van der Waals surface area contributed by atoms with E-state index in [-0.39, 0.29) is 5.92 Å². The average Bonchev–Trinajstić information content (AvgIpc) is 3.23. The minimum absolute atomic E-state index is 0.204. The van der Waals surface area contributed by atoms with Gasteiger partial charge >= 0.3 is 0 Å². The van der Waals surface area contributed by atoms with E-state index in [9.17, 15) is 4.79 Å². The van der Waals surface area contributed by atoms with Gasteiger partial charge in [0.05, 0.1) is 6.61 Å². The number of unbranched alkanes of at least 4 members (excludes halogenated alkanes) is 1. The first kappa shape index (κ1) is 20.3. The number of aldehydes is 1. The van der Waals surface area contributed by atoms with E-state index in [1.807, 2.05) is 24.3 Å². The molecular formula is C29H27NO2. The molecule has 32 heavy (non-hydrogen) atoms. The highest BCUT2D eigenvalue weighted by atomic mass is 16.5. The lowest BCUT2D eigenvalue weighted by Crippen LogP contribution is -2.16. The SMILES string of the molecule is CCCCOc1ccc(N2CC(c3ccc4ccccc4c3)c3cc(C=O)ccc32)cc1. The molecule has 0 amide bonds. The highest BCUT2D eigenvalue weighted by Gasteiger charge is 2.31. The smallest absolute Gasteiger partial charge is 0.150 e. The number of ether oxygens (including phenoxy) is 1. The summed E-state index contributed by atoms with van der Waals surface area (Å²) in [5.41, 5.74) is 5.49. The third kappa shape index (κ3) is 3.87. The van der Waals surface area contributed by atoms with Gasteiger partial charge in [0, 0.05) is 29.4 Å². The number of rotatable bonds is 7. The molecule has 1 unspecified atom stereocenters. The maximum atomic E-state index is 11.5. The van der Waals surface area contributed by atoms with Crippen LogP contribution >= 0.6 is 0 Å². The van der Waals surface area contributed by atoms with Crippen molar-refractivity contribution in [3.8, 4) is 5.75 Å². The van der Waals surface area contributed by atoms with Crippen LogP contribution < -0.4 is 9.64 Å². The number of carbonyl (C=O) groups excluding carboxylic acids is 1. The van der Waals surface area contributed by atoms with Gasteiger partial charge in [0.1, 0.15) is 12.0 Å². The number of hydrogen-bond acceptors (Lipinski definition) is 3. The quantitative estimate of drug-likeness (QED) is 0.235. The van der Waals surface area contributed by atoms with Crippen molar-refractivity contribution in [2.24, 2.45) is 0 Å². The summed E-state index contributed by atoms with van der Waals surface area (Å²) in [6.45, 7) is 3.76. The van der Waals surface area contributed by atoms with Crippen LogP contribution in [0.15, 0.2) is 84.9 Å². The van der Waals surface area contributed by atoms with Crippen LogP contribution in [0.25, 0.3) is 10.8 Å². The summed E-state index contributed by atoms with van der Waals surface area (Å²) >= 11 is 0. The van der Waals surface area contributed by atoms with Crippen LogP contribution in [-0.2, 0) is 0 Å². The van der Waals surface area contributed by atoms with Crippen molar-refractivity contribution in [2.75, 3.05) is 18.1 Å². The predicted molar refractivity (Wildman–Crippen MR) is 131 cm³/mol. The molecule has 0 aromatic heterocycles. The van der Waals surface area contributed by atoms with Crippen molar-refractivity contribution in [3.63, 3.8) is 0 Å². The van der Waals surface area contributed by atoms with Crippen molar-refractivity contribution in [1.29, 1.82) is 0 Å². The lowest BCUT2D eigenvalue weighted by Gasteiger charge is -2.21. The Morgan fingerprint density at radius 2 is 1.75 bits per heavy atom. The van der Waals surface area contributed by atoms with Crippen LogP contribution in [-0.4, -0.2) is 19.4 Å². The molecule has 0 fully saturated rings. The molecular weight excluding hydrogens is 394 g/mol. The van der Waals surface area contributed by atoms with E-state index >= 15 is 0 Å². The highest BCUT2D eigenvalue weighted by molar-refractivity contribution is 5.85. The van der Waals surface area contributed by atoms with E-state index in [0.717, 1.165) is 55.0 Å². The Balaban J connectivity index is 1.50. The van der Waals surface area contributed by atoms with E-state index in [4.69, 9.17) is 4.74 Å². The van der Waals surface area contributed by atoms with Crippen LogP contribution in [0.4, 0.5) is 11.4 Å². The Hall–Kier alpha value is -3.59. The lowest BCUT2D eigenvalue weighted by molar-refractivity contribution is 0.112. The number of carbonyl (C=O) groups is 1. The molecule has 1 aliphatic heterocycles. The van der Waals surface area contributed by atoms with Gasteiger partial charge in [-0.1, -0.05) is 55.8 Å². The van der Waals surface area contributed by atoms with Gasteiger partial charge in [0.2, 0.25) is 0 Å². The molecule has 1 heterocycles. The van der Waals surface area contributed by atoms with Crippen LogP contribution in [0.5, 0.6) is 5.75 Å². The Kier molecular flexibility index (Phi) is 5.64. The van der Waals surface area contributed by atoms with Crippen LogP contribution in [0.3, 0.4) is 0 Å². The topological polar surface area (TPSA) is 29.5 Å². The molecule has 5 rings (SSSR count). The van der Waals surface area contributed by atoms with E-state index < -0.39 is 0 Å². The molecule has 0 radical (unpaired) electrons. The Labute approximate surface area is 189 Å². The minimum atomic E-state index is 0.204. The van der Waals surface area contributed by atoms with Gasteiger partial charge in [0.15, 0.2) is 0 Å². The summed E-state index contributed by atoms with van der Waals surface area (Å²) < 4.78 is 5.84. The maximum Gasteiger partial charge on any atom is 0.150 e. The monoisotopic (exact) mass is 421 g/mol. The van der Waals surface area contributed by atoms with Crippen LogP contribution in [0.2, 0.25) is 0 Å². The van der Waals surface area contributed by atoms with Crippen LogP contribution in [0.1, 0.15) is 47.2 Å². The Morgan fingerprint density at radius 1 is 0.938 bits per heavy atom. The molecule has 0 N–H and O–H groups in total. The zero-order valence-corrected chi connectivity index (χ0v) is 18.3. The molecule has 3 heteroatoms. The van der Waals surface area contributed by atoms with Gasteiger partial charge in [0.25, 0.3) is 0 Å². The van der Waals surface area contributed by atoms with Crippen molar-refractivity contribution in [2.45, 2.75) is 25.7 Å². The number of anilines is 2. The molecule has 0 saturated carbocycles. The largest absolute Gasteiger partial charge is 0.494 e. The molecule has 0 saturated heterocycles. The first-order valence-electron chi connectivity index (χ1n) is 11.3. The number of benzene rings is 4. The summed E-state index contributed by atoms with van der Waals surface area (Å²) in [6, 6.07) is 29.5. The number of hydrogen-bond donors (Lipinski definition) is 0. The minimum Gasteiger partial charge on any atom is -0.494 e. The average molecular weight is 422 g/mol. The zero-order valence-electron chi connectivity index (χ0n) is 18.3. The second-order valence-corrected chi connectivity index (χ2v) is 8.40. The predicted octanol–water partition coefficient (Wildman–Crippen LogP) is 7.11. The van der Waals surface area contributed by atoms with E-state index in [0.29, 0.717) is 0 Å². The summed E-state index contributed by atoms with van der Waals surface area (Å²) in [4.78, 5) is 13.8.